The number of fused-ring (bicyclic) bond motifs is 1. The Bertz CT molecular complexity index is 1150. The van der Waals surface area contributed by atoms with E-state index in [4.69, 9.17) is 9.47 Å². The first kappa shape index (κ1) is 25.7. The molecule has 2 saturated heterocycles. The number of hydrogen-bond acceptors (Lipinski definition) is 6. The monoisotopic (exact) mass is 521 g/mol. The van der Waals surface area contributed by atoms with Crippen LogP contribution in [0.5, 0.6) is 11.5 Å². The van der Waals surface area contributed by atoms with Crippen molar-refractivity contribution in [3.05, 3.63) is 64.6 Å². The lowest BCUT2D eigenvalue weighted by atomic mass is 9.84. The molecule has 8 heteroatoms. The molecule has 1 saturated carbocycles. The summed E-state index contributed by atoms with van der Waals surface area (Å²) in [6.45, 7) is 4.27. The lowest BCUT2D eigenvalue weighted by molar-refractivity contribution is -0.139. The molecule has 5 rings (SSSR count). The van der Waals surface area contributed by atoms with Gasteiger partial charge < -0.3 is 19.7 Å². The van der Waals surface area contributed by atoms with E-state index in [1.165, 1.54) is 5.56 Å². The first-order valence-electron chi connectivity index (χ1n) is 13.0. The van der Waals surface area contributed by atoms with E-state index in [0.29, 0.717) is 16.4 Å². The van der Waals surface area contributed by atoms with Crippen molar-refractivity contribution in [3.63, 3.8) is 0 Å². The van der Waals surface area contributed by atoms with Crippen molar-refractivity contribution in [1.29, 1.82) is 0 Å². The second-order valence-corrected chi connectivity index (χ2v) is 11.2. The molecule has 1 aliphatic carbocycles. The van der Waals surface area contributed by atoms with Gasteiger partial charge in [-0.3, -0.25) is 14.5 Å². The molecule has 196 valence electrons. The molecule has 3 fully saturated rings. The van der Waals surface area contributed by atoms with Crippen LogP contribution in [-0.4, -0.2) is 73.3 Å². The van der Waals surface area contributed by atoms with Crippen molar-refractivity contribution in [2.24, 2.45) is 5.92 Å². The molecule has 37 heavy (non-hydrogen) atoms. The van der Waals surface area contributed by atoms with Crippen LogP contribution in [0.2, 0.25) is 0 Å². The number of carbonyl (C=O) groups excluding carboxylic acids is 2. The smallest absolute Gasteiger partial charge is 0.257 e. The molecule has 2 aromatic rings. The van der Waals surface area contributed by atoms with Crippen LogP contribution < -0.4 is 14.8 Å². The van der Waals surface area contributed by atoms with E-state index in [9.17, 15) is 9.59 Å². The van der Waals surface area contributed by atoms with Crippen LogP contribution in [0.3, 0.4) is 0 Å². The summed E-state index contributed by atoms with van der Waals surface area (Å²) in [6.07, 6.45) is 4.42. The van der Waals surface area contributed by atoms with Gasteiger partial charge in [-0.05, 0) is 48.6 Å². The molecule has 0 spiro atoms. The number of amides is 2. The number of carbonyl (C=O) groups is 2. The summed E-state index contributed by atoms with van der Waals surface area (Å²) < 4.78 is 10.7. The largest absolute Gasteiger partial charge is 0.493 e. The number of thioether (sulfide) groups is 1. The number of nitrogens with one attached hydrogen (secondary N) is 1. The predicted octanol–water partition coefficient (Wildman–Crippen LogP) is 3.79. The van der Waals surface area contributed by atoms with Gasteiger partial charge in [0, 0.05) is 49.9 Å². The Morgan fingerprint density at radius 3 is 2.51 bits per heavy atom. The quantitative estimate of drug-likeness (QED) is 0.584. The van der Waals surface area contributed by atoms with Crippen molar-refractivity contribution in [1.82, 2.24) is 15.1 Å². The van der Waals surface area contributed by atoms with Crippen LogP contribution >= 0.6 is 11.8 Å². The summed E-state index contributed by atoms with van der Waals surface area (Å²) in [5, 5.41) is 3.49. The molecule has 0 radical (unpaired) electrons. The van der Waals surface area contributed by atoms with Crippen molar-refractivity contribution < 1.29 is 19.1 Å². The maximum atomic E-state index is 13.3. The second kappa shape index (κ2) is 11.6. The minimum atomic E-state index is -0.0661. The minimum Gasteiger partial charge on any atom is -0.493 e. The Hall–Kier alpha value is -2.97. The zero-order valence-electron chi connectivity index (χ0n) is 21.5. The zero-order chi connectivity index (χ0) is 25.8. The fraction of sp³-hybridized carbons (Fsp3) is 0.448. The van der Waals surface area contributed by atoms with Gasteiger partial charge in [0.2, 0.25) is 5.91 Å². The third-order valence-corrected chi connectivity index (χ3v) is 9.02. The highest BCUT2D eigenvalue weighted by molar-refractivity contribution is 8.04. The average molecular weight is 522 g/mol. The first-order chi connectivity index (χ1) is 18.0. The fourth-order valence-electron chi connectivity index (χ4n) is 5.54. The SMILES string of the molecule is COc1ccc(/C=C2/SC3CCC(C(=O)N4CCN(Cc5ccccc5)CC4)CC3NC2=O)cc1OC. The molecule has 3 atom stereocenters. The normalized spacial score (nSPS) is 25.4. The van der Waals surface area contributed by atoms with Crippen molar-refractivity contribution in [2.75, 3.05) is 40.4 Å². The van der Waals surface area contributed by atoms with Crippen molar-refractivity contribution >= 4 is 29.7 Å². The van der Waals surface area contributed by atoms with Gasteiger partial charge in [0.25, 0.3) is 5.91 Å². The number of nitrogens with zero attached hydrogens (tertiary/aromatic N) is 2. The predicted molar refractivity (Wildman–Crippen MR) is 146 cm³/mol. The van der Waals surface area contributed by atoms with Gasteiger partial charge in [0.1, 0.15) is 0 Å². The second-order valence-electron chi connectivity index (χ2n) is 9.96. The molecular weight excluding hydrogens is 486 g/mol. The van der Waals surface area contributed by atoms with E-state index in [1.54, 1.807) is 26.0 Å². The Labute approximate surface area is 223 Å². The summed E-state index contributed by atoms with van der Waals surface area (Å²) in [5.41, 5.74) is 2.20. The standard InChI is InChI=1S/C29H35N3O4S/c1-35-24-10-8-21(16-25(24)36-2)17-27-28(33)30-23-18-22(9-11-26(23)37-27)29(34)32-14-12-31(13-15-32)19-20-6-4-3-5-7-20/h3-8,10,16-17,22-23,26H,9,11-15,18-19H2,1-2H3,(H,30,33)/b27-17+. The summed E-state index contributed by atoms with van der Waals surface area (Å²) >= 11 is 1.64. The number of methoxy groups -OCH3 is 2. The molecule has 0 aromatic heterocycles. The van der Waals surface area contributed by atoms with E-state index >= 15 is 0 Å². The summed E-state index contributed by atoms with van der Waals surface area (Å²) in [5.74, 6) is 1.47. The molecule has 2 amide bonds. The lowest BCUT2D eigenvalue weighted by Gasteiger charge is -2.42. The van der Waals surface area contributed by atoms with Gasteiger partial charge in [-0.25, -0.2) is 0 Å². The van der Waals surface area contributed by atoms with Crippen LogP contribution in [0.15, 0.2) is 53.4 Å². The molecule has 0 bridgehead atoms. The summed E-state index contributed by atoms with van der Waals surface area (Å²) in [4.78, 5) is 31.4. The fourth-order valence-corrected chi connectivity index (χ4v) is 6.83. The van der Waals surface area contributed by atoms with E-state index in [0.717, 1.165) is 57.5 Å². The number of rotatable bonds is 6. The van der Waals surface area contributed by atoms with Crippen LogP contribution in [-0.2, 0) is 16.1 Å². The lowest BCUT2D eigenvalue weighted by Crippen LogP contribution is -2.54. The molecule has 2 aromatic carbocycles. The molecule has 3 unspecified atom stereocenters. The number of hydrogen-bond donors (Lipinski definition) is 1. The van der Waals surface area contributed by atoms with Gasteiger partial charge in [0.05, 0.1) is 19.1 Å². The Morgan fingerprint density at radius 2 is 1.78 bits per heavy atom. The Morgan fingerprint density at radius 1 is 1.03 bits per heavy atom. The topological polar surface area (TPSA) is 71.1 Å². The first-order valence-corrected chi connectivity index (χ1v) is 13.9. The third kappa shape index (κ3) is 5.96. The van der Waals surface area contributed by atoms with E-state index < -0.39 is 0 Å². The Balaban J connectivity index is 1.15. The molecule has 2 heterocycles. The Kier molecular flexibility index (Phi) is 8.05. The molecule has 2 aliphatic heterocycles. The van der Waals surface area contributed by atoms with E-state index in [1.807, 2.05) is 35.2 Å². The summed E-state index contributed by atoms with van der Waals surface area (Å²) in [6, 6.07) is 16.2. The molecular formula is C29H35N3O4S. The van der Waals surface area contributed by atoms with Gasteiger partial charge in [0.15, 0.2) is 11.5 Å². The summed E-state index contributed by atoms with van der Waals surface area (Å²) in [7, 11) is 3.21. The van der Waals surface area contributed by atoms with Crippen LogP contribution in [0, 0.1) is 5.92 Å². The van der Waals surface area contributed by atoms with Gasteiger partial charge in [-0.2, -0.15) is 0 Å². The number of benzene rings is 2. The highest BCUT2D eigenvalue weighted by Gasteiger charge is 2.41. The van der Waals surface area contributed by atoms with Gasteiger partial charge in [-0.15, -0.1) is 11.8 Å². The average Bonchev–Trinajstić information content (AvgIpc) is 2.93. The molecule has 7 nitrogen and oxygen atoms in total. The van der Waals surface area contributed by atoms with Gasteiger partial charge >= 0.3 is 0 Å². The number of piperazine rings is 1. The highest BCUT2D eigenvalue weighted by Crippen LogP contribution is 2.41. The maximum absolute atomic E-state index is 13.3. The van der Waals surface area contributed by atoms with E-state index in [-0.39, 0.29) is 29.0 Å². The van der Waals surface area contributed by atoms with Crippen molar-refractivity contribution in [3.8, 4) is 11.5 Å². The number of ether oxygens (including phenoxy) is 2. The van der Waals surface area contributed by atoms with E-state index in [2.05, 4.69) is 34.5 Å². The van der Waals surface area contributed by atoms with Crippen LogP contribution in [0.1, 0.15) is 30.4 Å². The zero-order valence-corrected chi connectivity index (χ0v) is 22.3. The molecule has 3 aliphatic rings. The van der Waals surface area contributed by atoms with Crippen LogP contribution in [0.25, 0.3) is 6.08 Å². The van der Waals surface area contributed by atoms with Crippen LogP contribution in [0.4, 0.5) is 0 Å². The minimum absolute atomic E-state index is 0.0146. The van der Waals surface area contributed by atoms with Crippen molar-refractivity contribution in [2.45, 2.75) is 37.1 Å². The third-order valence-electron chi connectivity index (χ3n) is 7.59. The van der Waals surface area contributed by atoms with Gasteiger partial charge in [-0.1, -0.05) is 36.4 Å². The highest BCUT2D eigenvalue weighted by atomic mass is 32.2. The maximum Gasteiger partial charge on any atom is 0.257 e. The molecule has 1 N–H and O–H groups in total.